The van der Waals surface area contributed by atoms with Crippen molar-refractivity contribution in [2.24, 2.45) is 5.41 Å². The van der Waals surface area contributed by atoms with Crippen LogP contribution in [0.2, 0.25) is 0 Å². The number of esters is 2. The van der Waals surface area contributed by atoms with E-state index in [1.54, 1.807) is 0 Å². The minimum atomic E-state index is -2.32. The molecule has 9 nitrogen and oxygen atoms in total. The molecular formula is C10H12O9. The highest BCUT2D eigenvalue weighted by Crippen LogP contribution is 2.33. The smallest absolute Gasteiger partial charge is 0.321 e. The van der Waals surface area contributed by atoms with Crippen LogP contribution >= 0.6 is 0 Å². The van der Waals surface area contributed by atoms with Gasteiger partial charge in [0.05, 0.1) is 24.7 Å². The first-order valence-corrected chi connectivity index (χ1v) is 4.97. The van der Waals surface area contributed by atoms with Gasteiger partial charge < -0.3 is 20.1 Å². The van der Waals surface area contributed by atoms with Crippen LogP contribution in [0.3, 0.4) is 0 Å². The van der Waals surface area contributed by atoms with Crippen molar-refractivity contribution in [3.63, 3.8) is 0 Å². The lowest BCUT2D eigenvalue weighted by Crippen LogP contribution is -2.40. The zero-order valence-corrected chi connectivity index (χ0v) is 9.91. The van der Waals surface area contributed by atoms with Gasteiger partial charge in [0.15, 0.2) is 0 Å². The van der Waals surface area contributed by atoms with Gasteiger partial charge in [0, 0.05) is 6.92 Å². The van der Waals surface area contributed by atoms with E-state index < -0.39 is 54.5 Å². The Kier molecular flexibility index (Phi) is 5.64. The van der Waals surface area contributed by atoms with E-state index >= 15 is 0 Å². The molecule has 0 aliphatic carbocycles. The van der Waals surface area contributed by atoms with E-state index in [9.17, 15) is 24.0 Å². The molecule has 3 N–H and O–H groups in total. The lowest BCUT2D eigenvalue weighted by molar-refractivity contribution is -0.174. The van der Waals surface area contributed by atoms with E-state index in [4.69, 9.17) is 15.3 Å². The van der Waals surface area contributed by atoms with Crippen LogP contribution in [0, 0.1) is 5.41 Å². The third-order valence-corrected chi connectivity index (χ3v) is 2.14. The van der Waals surface area contributed by atoms with Gasteiger partial charge in [0.1, 0.15) is 0 Å². The second-order valence-corrected chi connectivity index (χ2v) is 3.87. The molecule has 0 amide bonds. The summed E-state index contributed by atoms with van der Waals surface area (Å²) < 4.78 is 4.15. The van der Waals surface area contributed by atoms with Gasteiger partial charge in [-0.05, 0) is 0 Å². The van der Waals surface area contributed by atoms with Crippen LogP contribution in [-0.4, -0.2) is 45.2 Å². The van der Waals surface area contributed by atoms with Gasteiger partial charge in [0.2, 0.25) is 0 Å². The fourth-order valence-corrected chi connectivity index (χ4v) is 1.51. The third kappa shape index (κ3) is 5.61. The normalized spacial score (nSPS) is 10.6. The number of carbonyl (C=O) groups is 5. The molecule has 0 aliphatic heterocycles. The molecule has 0 spiro atoms. The number of hydrogen-bond acceptors (Lipinski definition) is 6. The molecule has 0 aromatic rings. The summed E-state index contributed by atoms with van der Waals surface area (Å²) in [6.45, 7) is 0.852. The van der Waals surface area contributed by atoms with E-state index in [-0.39, 0.29) is 0 Å². The standard InChI is InChI=1S/C10H12O9/c1-5(11)19-9(18)10(2-6(12)13,3-7(14)15)4-8(16)17/h2-4H2,1H3,(H,12,13)(H,14,15)(H,16,17). The highest BCUT2D eigenvalue weighted by atomic mass is 16.6. The first kappa shape index (κ1) is 16.6. The van der Waals surface area contributed by atoms with Crippen LogP contribution in [-0.2, 0) is 28.7 Å². The quantitative estimate of drug-likeness (QED) is 0.411. The van der Waals surface area contributed by atoms with Crippen molar-refractivity contribution < 1.29 is 44.0 Å². The predicted octanol–water partition coefficient (Wildman–Crippen LogP) is -0.513. The van der Waals surface area contributed by atoms with Gasteiger partial charge in [-0.15, -0.1) is 0 Å². The van der Waals surface area contributed by atoms with E-state index in [1.165, 1.54) is 0 Å². The molecule has 0 bridgehead atoms. The van der Waals surface area contributed by atoms with Crippen LogP contribution in [0.4, 0.5) is 0 Å². The summed E-state index contributed by atoms with van der Waals surface area (Å²) in [5.41, 5.74) is -2.32. The Labute approximate surface area is 106 Å². The fraction of sp³-hybridized carbons (Fsp3) is 0.500. The second kappa shape index (κ2) is 6.47. The summed E-state index contributed by atoms with van der Waals surface area (Å²) in [5, 5.41) is 26.0. The number of carboxylic acids is 3. The number of rotatable bonds is 7. The molecule has 19 heavy (non-hydrogen) atoms. The maximum atomic E-state index is 11.6. The summed E-state index contributed by atoms with van der Waals surface area (Å²) in [6.07, 6.45) is -3.22. The first-order valence-electron chi connectivity index (χ1n) is 4.97. The number of ether oxygens (including phenoxy) is 1. The molecule has 0 heterocycles. The topological polar surface area (TPSA) is 155 Å². The largest absolute Gasteiger partial charge is 0.481 e. The van der Waals surface area contributed by atoms with Crippen LogP contribution in [0.1, 0.15) is 26.2 Å². The molecular weight excluding hydrogens is 264 g/mol. The molecule has 0 atom stereocenters. The lowest BCUT2D eigenvalue weighted by Gasteiger charge is -2.25. The lowest BCUT2D eigenvalue weighted by atomic mass is 9.78. The molecule has 0 aromatic carbocycles. The summed E-state index contributed by atoms with van der Waals surface area (Å²) in [4.78, 5) is 54.4. The Morgan fingerprint density at radius 2 is 1.16 bits per heavy atom. The molecule has 9 heteroatoms. The summed E-state index contributed by atoms with van der Waals surface area (Å²) in [7, 11) is 0. The Balaban J connectivity index is 5.49. The van der Waals surface area contributed by atoms with Crippen LogP contribution in [0.25, 0.3) is 0 Å². The summed E-state index contributed by atoms with van der Waals surface area (Å²) in [5.74, 6) is -7.31. The molecule has 0 aromatic heterocycles. The minimum absolute atomic E-state index is 0.852. The Bertz CT molecular complexity index is 382. The Morgan fingerprint density at radius 3 is 1.37 bits per heavy atom. The minimum Gasteiger partial charge on any atom is -0.481 e. The average Bonchev–Trinajstić information content (AvgIpc) is 2.12. The van der Waals surface area contributed by atoms with Gasteiger partial charge in [-0.2, -0.15) is 0 Å². The number of hydrogen-bond donors (Lipinski definition) is 3. The Morgan fingerprint density at radius 1 is 0.842 bits per heavy atom. The molecule has 106 valence electrons. The van der Waals surface area contributed by atoms with Crippen molar-refractivity contribution in [2.75, 3.05) is 0 Å². The average molecular weight is 276 g/mol. The van der Waals surface area contributed by atoms with E-state index in [1.807, 2.05) is 0 Å². The zero-order chi connectivity index (χ0) is 15.2. The van der Waals surface area contributed by atoms with Crippen molar-refractivity contribution in [3.05, 3.63) is 0 Å². The number of carboxylic acid groups (broad SMARTS) is 3. The van der Waals surface area contributed by atoms with E-state index in [0.29, 0.717) is 0 Å². The van der Waals surface area contributed by atoms with Gasteiger partial charge in [0.25, 0.3) is 0 Å². The molecule has 0 saturated carbocycles. The van der Waals surface area contributed by atoms with Crippen molar-refractivity contribution in [2.45, 2.75) is 26.2 Å². The highest BCUT2D eigenvalue weighted by Gasteiger charge is 2.46. The predicted molar refractivity (Wildman–Crippen MR) is 56.0 cm³/mol. The van der Waals surface area contributed by atoms with Crippen LogP contribution < -0.4 is 0 Å². The van der Waals surface area contributed by atoms with E-state index in [2.05, 4.69) is 4.74 Å². The molecule has 0 radical (unpaired) electrons. The maximum Gasteiger partial charge on any atom is 0.321 e. The van der Waals surface area contributed by atoms with Crippen LogP contribution in [0.5, 0.6) is 0 Å². The molecule has 0 saturated heterocycles. The number of aliphatic carboxylic acids is 3. The molecule has 0 unspecified atom stereocenters. The van der Waals surface area contributed by atoms with Crippen molar-refractivity contribution >= 4 is 29.8 Å². The second-order valence-electron chi connectivity index (χ2n) is 3.87. The first-order chi connectivity index (χ1) is 8.59. The highest BCUT2D eigenvalue weighted by molar-refractivity contribution is 5.95. The third-order valence-electron chi connectivity index (χ3n) is 2.14. The van der Waals surface area contributed by atoms with Gasteiger partial charge >= 0.3 is 29.8 Å². The number of carbonyl (C=O) groups excluding carboxylic acids is 2. The molecule has 0 fully saturated rings. The Hall–Kier alpha value is -2.45. The van der Waals surface area contributed by atoms with Crippen molar-refractivity contribution in [3.8, 4) is 0 Å². The molecule has 0 aliphatic rings. The van der Waals surface area contributed by atoms with Gasteiger partial charge in [-0.25, -0.2) is 0 Å². The van der Waals surface area contributed by atoms with Crippen molar-refractivity contribution in [1.82, 2.24) is 0 Å². The summed E-state index contributed by atoms with van der Waals surface area (Å²) in [6, 6.07) is 0. The maximum absolute atomic E-state index is 11.6. The van der Waals surface area contributed by atoms with Crippen molar-refractivity contribution in [1.29, 1.82) is 0 Å². The SMILES string of the molecule is CC(=O)OC(=O)C(CC(=O)O)(CC(=O)O)CC(=O)O. The van der Waals surface area contributed by atoms with Gasteiger partial charge in [-0.3, -0.25) is 24.0 Å². The monoisotopic (exact) mass is 276 g/mol. The zero-order valence-electron chi connectivity index (χ0n) is 9.91. The van der Waals surface area contributed by atoms with E-state index in [0.717, 1.165) is 6.92 Å². The van der Waals surface area contributed by atoms with Gasteiger partial charge in [-0.1, -0.05) is 0 Å². The summed E-state index contributed by atoms with van der Waals surface area (Å²) >= 11 is 0. The fourth-order valence-electron chi connectivity index (χ4n) is 1.51. The van der Waals surface area contributed by atoms with Crippen LogP contribution in [0.15, 0.2) is 0 Å². The molecule has 0 rings (SSSR count).